The minimum Gasteiger partial charge on any atom is -0.481 e. The van der Waals surface area contributed by atoms with Crippen LogP contribution in [0.3, 0.4) is 0 Å². The molecule has 2 saturated heterocycles. The van der Waals surface area contributed by atoms with Gasteiger partial charge in [0.2, 0.25) is 0 Å². The van der Waals surface area contributed by atoms with Gasteiger partial charge in [0.1, 0.15) is 12.2 Å². The van der Waals surface area contributed by atoms with Crippen molar-refractivity contribution in [2.24, 2.45) is 11.8 Å². The molecule has 10 rings (SSSR count). The van der Waals surface area contributed by atoms with E-state index in [0.717, 1.165) is 49.9 Å². The molecule has 2 aromatic rings. The molecule has 4 aliphatic heterocycles. The predicted octanol–water partition coefficient (Wildman–Crippen LogP) is 3.98. The molecule has 4 bridgehead atoms. The maximum absolute atomic E-state index is 11.7. The summed E-state index contributed by atoms with van der Waals surface area (Å²) in [5.41, 5.74) is 4.31. The number of likely N-dealkylation sites (tertiary alicyclic amines) is 2. The number of hydrogen-bond donors (Lipinski definition) is 0. The number of ether oxygens (including phenoxy) is 6. The normalized spacial score (nSPS) is 35.2. The lowest BCUT2D eigenvalue weighted by atomic mass is 9.53. The SMILES string of the molecule is CC(=O)Oc1ccc2c3c1O[C@H]1[C@@H](OC(C)=O)C=C[C@H]4[C@@H](C2)N(C)CC[C@@]341.CC(=O)Oc1ccc2c3c1O[C@H]1[C@@H](OC(C)=O)C=C[C@H]4[C@@H](C2)N(C)CC[C@@]341. The zero-order chi connectivity index (χ0) is 37.8. The van der Waals surface area contributed by atoms with Gasteiger partial charge in [-0.25, -0.2) is 0 Å². The van der Waals surface area contributed by atoms with E-state index in [9.17, 15) is 19.2 Å². The van der Waals surface area contributed by atoms with Crippen LogP contribution in [0, 0.1) is 11.8 Å². The third kappa shape index (κ3) is 4.94. The molecule has 10 atom stereocenters. The number of rotatable bonds is 4. The molecule has 2 spiro atoms. The number of likely N-dealkylation sites (N-methyl/N-ethyl adjacent to an activating group) is 2. The highest BCUT2D eigenvalue weighted by Crippen LogP contribution is 2.64. The Balaban J connectivity index is 0.000000142. The van der Waals surface area contributed by atoms with Gasteiger partial charge in [0, 0.05) is 73.6 Å². The average molecular weight is 739 g/mol. The van der Waals surface area contributed by atoms with E-state index in [2.05, 4.69) is 48.2 Å². The van der Waals surface area contributed by atoms with Crippen molar-refractivity contribution in [2.75, 3.05) is 27.2 Å². The van der Waals surface area contributed by atoms with E-state index in [4.69, 9.17) is 28.4 Å². The van der Waals surface area contributed by atoms with Crippen LogP contribution in [0.5, 0.6) is 23.0 Å². The summed E-state index contributed by atoms with van der Waals surface area (Å²) in [4.78, 5) is 51.4. The highest BCUT2D eigenvalue weighted by Gasteiger charge is 2.66. The summed E-state index contributed by atoms with van der Waals surface area (Å²) >= 11 is 0. The smallest absolute Gasteiger partial charge is 0.308 e. The van der Waals surface area contributed by atoms with E-state index in [0.29, 0.717) is 35.1 Å². The van der Waals surface area contributed by atoms with Gasteiger partial charge in [-0.3, -0.25) is 19.2 Å². The third-order valence-electron chi connectivity index (χ3n) is 13.3. The van der Waals surface area contributed by atoms with E-state index < -0.39 is 12.2 Å². The summed E-state index contributed by atoms with van der Waals surface area (Å²) in [7, 11) is 4.35. The van der Waals surface area contributed by atoms with E-state index in [1.54, 1.807) is 0 Å². The highest BCUT2D eigenvalue weighted by atomic mass is 16.6. The fraction of sp³-hybridized carbons (Fsp3) is 0.524. The van der Waals surface area contributed by atoms with E-state index in [-0.39, 0.29) is 58.8 Å². The molecule has 12 nitrogen and oxygen atoms in total. The first-order valence-corrected chi connectivity index (χ1v) is 19.0. The maximum Gasteiger partial charge on any atom is 0.308 e. The summed E-state index contributed by atoms with van der Waals surface area (Å²) in [6.45, 7) is 7.55. The zero-order valence-electron chi connectivity index (χ0n) is 31.5. The Hall–Kier alpha value is -4.68. The minimum atomic E-state index is -0.439. The molecular weight excluding hydrogens is 692 g/mol. The van der Waals surface area contributed by atoms with Gasteiger partial charge in [0.15, 0.2) is 35.2 Å². The zero-order valence-corrected chi connectivity index (χ0v) is 31.5. The minimum absolute atomic E-state index is 0.245. The van der Waals surface area contributed by atoms with Crippen LogP contribution in [0.1, 0.15) is 62.8 Å². The van der Waals surface area contributed by atoms with Gasteiger partial charge in [-0.1, -0.05) is 24.3 Å². The van der Waals surface area contributed by atoms with Crippen LogP contribution in [0.25, 0.3) is 0 Å². The standard InChI is InChI=1S/2C21H23NO5/c2*1-11(23)25-16-6-4-13-10-15-14-5-7-17(26-12(2)24)20-21(14,8-9-22(15)3)18(13)19(16)27-20/h2*4-7,14-15,17,20H,8-10H2,1-3H3/t2*14-,15+,17-,20-,21-/m00/s1. The molecule has 4 aliphatic carbocycles. The van der Waals surface area contributed by atoms with Crippen molar-refractivity contribution in [2.45, 2.75) is 101 Å². The van der Waals surface area contributed by atoms with Crippen molar-refractivity contribution in [3.63, 3.8) is 0 Å². The van der Waals surface area contributed by atoms with Gasteiger partial charge in [0.25, 0.3) is 0 Å². The molecule has 0 saturated carbocycles. The highest BCUT2D eigenvalue weighted by molar-refractivity contribution is 5.74. The van der Waals surface area contributed by atoms with Gasteiger partial charge >= 0.3 is 23.9 Å². The first kappa shape index (κ1) is 35.0. The summed E-state index contributed by atoms with van der Waals surface area (Å²) in [5.74, 6) is 1.42. The lowest BCUT2D eigenvalue weighted by Gasteiger charge is -2.56. The first-order valence-electron chi connectivity index (χ1n) is 19.0. The Morgan fingerprint density at radius 3 is 1.39 bits per heavy atom. The van der Waals surface area contributed by atoms with Crippen LogP contribution in [0.15, 0.2) is 48.6 Å². The molecule has 284 valence electrons. The topological polar surface area (TPSA) is 130 Å². The Kier molecular flexibility index (Phi) is 8.06. The number of carbonyl (C=O) groups is 4. The second-order valence-corrected chi connectivity index (χ2v) is 16.2. The van der Waals surface area contributed by atoms with Crippen LogP contribution in [0.4, 0.5) is 0 Å². The molecule has 0 N–H and O–H groups in total. The second kappa shape index (κ2) is 12.4. The molecule has 54 heavy (non-hydrogen) atoms. The number of carbonyl (C=O) groups excluding carboxylic acids is 4. The number of piperidine rings is 2. The molecule has 0 amide bonds. The Bertz CT molecular complexity index is 1900. The Morgan fingerprint density at radius 1 is 0.611 bits per heavy atom. The summed E-state index contributed by atoms with van der Waals surface area (Å²) in [6, 6.07) is 8.55. The molecule has 0 aromatic heterocycles. The molecule has 0 unspecified atom stereocenters. The average Bonchev–Trinajstić information content (AvgIpc) is 3.65. The Morgan fingerprint density at radius 2 is 1.02 bits per heavy atom. The number of esters is 4. The van der Waals surface area contributed by atoms with Crippen molar-refractivity contribution in [3.05, 3.63) is 70.8 Å². The van der Waals surface area contributed by atoms with Crippen molar-refractivity contribution < 1.29 is 47.6 Å². The monoisotopic (exact) mass is 738 g/mol. The second-order valence-electron chi connectivity index (χ2n) is 16.2. The maximum atomic E-state index is 11.7. The largest absolute Gasteiger partial charge is 0.481 e. The molecular formula is C42H46N2O10. The van der Waals surface area contributed by atoms with Crippen LogP contribution >= 0.6 is 0 Å². The first-order chi connectivity index (χ1) is 25.8. The molecule has 2 fully saturated rings. The fourth-order valence-electron chi connectivity index (χ4n) is 11.5. The van der Waals surface area contributed by atoms with Crippen LogP contribution in [-0.4, -0.2) is 97.4 Å². The van der Waals surface area contributed by atoms with E-state index in [1.165, 1.54) is 38.8 Å². The number of nitrogens with zero attached hydrogens (tertiary/aromatic N) is 2. The number of benzene rings is 2. The summed E-state index contributed by atoms with van der Waals surface area (Å²) < 4.78 is 35.0. The van der Waals surface area contributed by atoms with Gasteiger partial charge in [-0.15, -0.1) is 0 Å². The van der Waals surface area contributed by atoms with Crippen molar-refractivity contribution >= 4 is 23.9 Å². The van der Waals surface area contributed by atoms with Gasteiger partial charge in [-0.2, -0.15) is 0 Å². The molecule has 8 aliphatic rings. The van der Waals surface area contributed by atoms with E-state index >= 15 is 0 Å². The van der Waals surface area contributed by atoms with Gasteiger partial charge in [-0.05, 0) is 88.3 Å². The molecule has 4 heterocycles. The quantitative estimate of drug-likeness (QED) is 0.256. The Labute approximate surface area is 314 Å². The van der Waals surface area contributed by atoms with Crippen LogP contribution < -0.4 is 18.9 Å². The van der Waals surface area contributed by atoms with Crippen LogP contribution in [0.2, 0.25) is 0 Å². The predicted molar refractivity (Wildman–Crippen MR) is 194 cm³/mol. The van der Waals surface area contributed by atoms with Crippen molar-refractivity contribution in [3.8, 4) is 23.0 Å². The van der Waals surface area contributed by atoms with Crippen molar-refractivity contribution in [1.82, 2.24) is 9.80 Å². The number of hydrogen-bond acceptors (Lipinski definition) is 12. The van der Waals surface area contributed by atoms with Crippen LogP contribution in [-0.2, 0) is 52.3 Å². The molecule has 2 aromatic carbocycles. The van der Waals surface area contributed by atoms with Crippen molar-refractivity contribution in [1.29, 1.82) is 0 Å². The molecule has 0 radical (unpaired) electrons. The van der Waals surface area contributed by atoms with E-state index in [1.807, 2.05) is 24.3 Å². The third-order valence-corrected chi connectivity index (χ3v) is 13.3. The lowest BCUT2D eigenvalue weighted by Crippen LogP contribution is -2.65. The van der Waals surface area contributed by atoms with Gasteiger partial charge < -0.3 is 38.2 Å². The van der Waals surface area contributed by atoms with Gasteiger partial charge in [0.05, 0.1) is 0 Å². The fourth-order valence-corrected chi connectivity index (χ4v) is 11.5. The lowest BCUT2D eigenvalue weighted by molar-refractivity contribution is -0.153. The summed E-state index contributed by atoms with van der Waals surface area (Å²) in [6.07, 6.45) is 10.6. The summed E-state index contributed by atoms with van der Waals surface area (Å²) in [5, 5.41) is 0. The molecule has 12 heteroatoms.